The number of rotatable bonds is 0. The summed E-state index contributed by atoms with van der Waals surface area (Å²) in [6.07, 6.45) is 1.87. The van der Waals surface area contributed by atoms with Crippen molar-refractivity contribution in [1.29, 1.82) is 0 Å². The minimum absolute atomic E-state index is 0.226. The molecule has 1 N–H and O–H groups in total. The Kier molecular flexibility index (Phi) is 2.35. The van der Waals surface area contributed by atoms with Crippen LogP contribution >= 0.6 is 0 Å². The second-order valence-electron chi connectivity index (χ2n) is 4.06. The molecule has 0 aromatic heterocycles. The van der Waals surface area contributed by atoms with E-state index in [-0.39, 0.29) is 5.92 Å². The standard InChI is InChI=1S/C13H15NO/c1-8-7-14-11-5-4-6-12(15)13(11)10(3)9(8)2/h4-7,10,15H,1-3H3. The van der Waals surface area contributed by atoms with Gasteiger partial charge in [-0.05, 0) is 31.6 Å². The lowest BCUT2D eigenvalue weighted by molar-refractivity contribution is 0.466. The SMILES string of the molecule is CC1=C(C)C(C)c2c(O)cccc2N=C1. The van der Waals surface area contributed by atoms with Crippen molar-refractivity contribution in [3.8, 4) is 5.75 Å². The second kappa shape index (κ2) is 3.54. The number of hydrogen-bond donors (Lipinski definition) is 1. The third-order valence-electron chi connectivity index (χ3n) is 3.16. The quantitative estimate of drug-likeness (QED) is 0.684. The number of hydrogen-bond acceptors (Lipinski definition) is 2. The molecule has 78 valence electrons. The van der Waals surface area contributed by atoms with Gasteiger partial charge in [-0.1, -0.05) is 18.6 Å². The predicted octanol–water partition coefficient (Wildman–Crippen LogP) is 3.55. The van der Waals surface area contributed by atoms with E-state index in [0.717, 1.165) is 11.3 Å². The smallest absolute Gasteiger partial charge is 0.121 e. The highest BCUT2D eigenvalue weighted by atomic mass is 16.3. The van der Waals surface area contributed by atoms with Crippen LogP contribution in [0.4, 0.5) is 5.69 Å². The number of aromatic hydroxyl groups is 1. The van der Waals surface area contributed by atoms with Crippen molar-refractivity contribution in [3.63, 3.8) is 0 Å². The number of fused-ring (bicyclic) bond motifs is 1. The van der Waals surface area contributed by atoms with Crippen LogP contribution in [0.2, 0.25) is 0 Å². The summed E-state index contributed by atoms with van der Waals surface area (Å²) in [5.74, 6) is 0.565. The third kappa shape index (κ3) is 1.56. The average Bonchev–Trinajstić information content (AvgIpc) is 2.32. The molecule has 15 heavy (non-hydrogen) atoms. The Morgan fingerprint density at radius 2 is 2.00 bits per heavy atom. The van der Waals surface area contributed by atoms with Gasteiger partial charge in [-0.2, -0.15) is 0 Å². The molecular weight excluding hydrogens is 186 g/mol. The van der Waals surface area contributed by atoms with Gasteiger partial charge in [-0.3, -0.25) is 4.99 Å². The highest BCUT2D eigenvalue weighted by Crippen LogP contribution is 2.40. The van der Waals surface area contributed by atoms with Gasteiger partial charge < -0.3 is 5.11 Å². The van der Waals surface area contributed by atoms with E-state index in [0.29, 0.717) is 5.75 Å². The van der Waals surface area contributed by atoms with Gasteiger partial charge in [0.1, 0.15) is 5.75 Å². The molecule has 0 spiro atoms. The van der Waals surface area contributed by atoms with Crippen LogP contribution in [0.15, 0.2) is 34.3 Å². The maximum absolute atomic E-state index is 9.86. The largest absolute Gasteiger partial charge is 0.508 e. The fraction of sp³-hybridized carbons (Fsp3) is 0.308. The number of benzene rings is 1. The van der Waals surface area contributed by atoms with Crippen LogP contribution in [0.25, 0.3) is 0 Å². The van der Waals surface area contributed by atoms with Crippen LogP contribution in [-0.2, 0) is 0 Å². The zero-order valence-electron chi connectivity index (χ0n) is 9.28. The fourth-order valence-electron chi connectivity index (χ4n) is 1.92. The first-order valence-corrected chi connectivity index (χ1v) is 5.14. The Balaban J connectivity index is 2.67. The first-order chi connectivity index (χ1) is 7.11. The van der Waals surface area contributed by atoms with Gasteiger partial charge in [0, 0.05) is 17.7 Å². The Bertz CT molecular complexity index is 458. The monoisotopic (exact) mass is 201 g/mol. The molecule has 0 fully saturated rings. The molecule has 1 atom stereocenters. The highest BCUT2D eigenvalue weighted by molar-refractivity contribution is 5.84. The third-order valence-corrected chi connectivity index (χ3v) is 3.16. The molecule has 1 aliphatic rings. The summed E-state index contributed by atoms with van der Waals surface area (Å²) < 4.78 is 0. The first kappa shape index (κ1) is 9.97. The lowest BCUT2D eigenvalue weighted by atomic mass is 9.90. The van der Waals surface area contributed by atoms with Gasteiger partial charge in [0.2, 0.25) is 0 Å². The summed E-state index contributed by atoms with van der Waals surface area (Å²) in [5.41, 5.74) is 4.25. The van der Waals surface area contributed by atoms with E-state index < -0.39 is 0 Å². The molecule has 0 saturated carbocycles. The van der Waals surface area contributed by atoms with Crippen molar-refractivity contribution in [1.82, 2.24) is 0 Å². The van der Waals surface area contributed by atoms with Gasteiger partial charge >= 0.3 is 0 Å². The maximum Gasteiger partial charge on any atom is 0.121 e. The van der Waals surface area contributed by atoms with E-state index >= 15 is 0 Å². The summed E-state index contributed by atoms with van der Waals surface area (Å²) >= 11 is 0. The second-order valence-corrected chi connectivity index (χ2v) is 4.06. The molecule has 0 bridgehead atoms. The first-order valence-electron chi connectivity index (χ1n) is 5.14. The van der Waals surface area contributed by atoms with Crippen molar-refractivity contribution in [2.24, 2.45) is 4.99 Å². The maximum atomic E-state index is 9.86. The van der Waals surface area contributed by atoms with Crippen molar-refractivity contribution >= 4 is 11.9 Å². The van der Waals surface area contributed by atoms with Crippen LogP contribution in [0.5, 0.6) is 5.75 Å². The molecule has 1 aliphatic heterocycles. The molecule has 0 saturated heterocycles. The van der Waals surface area contributed by atoms with Gasteiger partial charge in [-0.15, -0.1) is 0 Å². The average molecular weight is 201 g/mol. The molecule has 1 heterocycles. The molecular formula is C13H15NO. The Labute approximate surface area is 90.0 Å². The summed E-state index contributed by atoms with van der Waals surface area (Å²) in [4.78, 5) is 4.39. The molecule has 1 aromatic carbocycles. The Morgan fingerprint density at radius 3 is 2.73 bits per heavy atom. The minimum Gasteiger partial charge on any atom is -0.508 e. The number of aliphatic imine (C=N–C) groups is 1. The molecule has 2 rings (SSSR count). The number of phenols is 1. The number of nitrogens with zero attached hydrogens (tertiary/aromatic N) is 1. The molecule has 0 aliphatic carbocycles. The van der Waals surface area contributed by atoms with Gasteiger partial charge in [0.25, 0.3) is 0 Å². The topological polar surface area (TPSA) is 32.6 Å². The van der Waals surface area contributed by atoms with Crippen LogP contribution < -0.4 is 0 Å². The zero-order valence-corrected chi connectivity index (χ0v) is 9.28. The lowest BCUT2D eigenvalue weighted by Gasteiger charge is -2.15. The molecule has 0 radical (unpaired) electrons. The van der Waals surface area contributed by atoms with E-state index in [1.165, 1.54) is 11.1 Å². The Morgan fingerprint density at radius 1 is 1.27 bits per heavy atom. The van der Waals surface area contributed by atoms with Crippen LogP contribution in [0, 0.1) is 0 Å². The molecule has 1 unspecified atom stereocenters. The summed E-state index contributed by atoms with van der Waals surface area (Å²) in [6, 6.07) is 5.49. The van der Waals surface area contributed by atoms with E-state index in [4.69, 9.17) is 0 Å². The molecule has 2 heteroatoms. The fourth-order valence-corrected chi connectivity index (χ4v) is 1.92. The Hall–Kier alpha value is -1.57. The molecule has 0 amide bonds. The molecule has 2 nitrogen and oxygen atoms in total. The van der Waals surface area contributed by atoms with Crippen molar-refractivity contribution < 1.29 is 5.11 Å². The van der Waals surface area contributed by atoms with Gasteiger partial charge in [0.05, 0.1) is 5.69 Å². The van der Waals surface area contributed by atoms with Crippen molar-refractivity contribution in [3.05, 3.63) is 34.9 Å². The van der Waals surface area contributed by atoms with Crippen LogP contribution in [0.1, 0.15) is 32.3 Å². The van der Waals surface area contributed by atoms with E-state index in [1.54, 1.807) is 6.07 Å². The number of phenolic OH excluding ortho intramolecular Hbond substituents is 1. The minimum atomic E-state index is 0.226. The van der Waals surface area contributed by atoms with E-state index in [9.17, 15) is 5.11 Å². The van der Waals surface area contributed by atoms with Crippen LogP contribution in [-0.4, -0.2) is 11.3 Å². The summed E-state index contributed by atoms with van der Waals surface area (Å²) in [5, 5.41) is 9.86. The normalized spacial score (nSPS) is 20.1. The predicted molar refractivity (Wildman–Crippen MR) is 63.0 cm³/mol. The van der Waals surface area contributed by atoms with Crippen molar-refractivity contribution in [2.45, 2.75) is 26.7 Å². The number of allylic oxidation sites excluding steroid dienone is 2. The zero-order chi connectivity index (χ0) is 11.0. The van der Waals surface area contributed by atoms with Crippen molar-refractivity contribution in [2.75, 3.05) is 0 Å². The van der Waals surface area contributed by atoms with E-state index in [1.807, 2.05) is 18.3 Å². The van der Waals surface area contributed by atoms with E-state index in [2.05, 4.69) is 25.8 Å². The lowest BCUT2D eigenvalue weighted by Crippen LogP contribution is -1.97. The van der Waals surface area contributed by atoms with Gasteiger partial charge in [-0.25, -0.2) is 0 Å². The molecule has 1 aromatic rings. The van der Waals surface area contributed by atoms with Crippen LogP contribution in [0.3, 0.4) is 0 Å². The summed E-state index contributed by atoms with van der Waals surface area (Å²) in [7, 11) is 0. The highest BCUT2D eigenvalue weighted by Gasteiger charge is 2.19. The summed E-state index contributed by atoms with van der Waals surface area (Å²) in [6.45, 7) is 6.25. The van der Waals surface area contributed by atoms with Gasteiger partial charge in [0.15, 0.2) is 0 Å².